The first-order chi connectivity index (χ1) is 15.2. The first kappa shape index (κ1) is 20.1. The minimum atomic E-state index is -0.276. The quantitative estimate of drug-likeness (QED) is 0.362. The highest BCUT2D eigenvalue weighted by Crippen LogP contribution is 2.30. The Labute approximate surface area is 180 Å². The molecule has 6 nitrogen and oxygen atoms in total. The van der Waals surface area contributed by atoms with Crippen molar-refractivity contribution in [2.75, 3.05) is 0 Å². The van der Waals surface area contributed by atoms with Crippen molar-refractivity contribution < 1.29 is 9.53 Å². The van der Waals surface area contributed by atoms with Crippen LogP contribution in [0.15, 0.2) is 96.4 Å². The van der Waals surface area contributed by atoms with Crippen LogP contribution in [0, 0.1) is 0 Å². The van der Waals surface area contributed by atoms with Crippen LogP contribution in [0.5, 0.6) is 5.75 Å². The molecule has 0 bridgehead atoms. The summed E-state index contributed by atoms with van der Waals surface area (Å²) in [7, 11) is 1.82. The molecule has 154 valence electrons. The lowest BCUT2D eigenvalue weighted by atomic mass is 10.0. The molecule has 6 heteroatoms. The van der Waals surface area contributed by atoms with E-state index in [1.807, 2.05) is 61.6 Å². The average Bonchev–Trinajstić information content (AvgIpc) is 3.23. The summed E-state index contributed by atoms with van der Waals surface area (Å²) in [5.74, 6) is 0.544. The fourth-order valence-electron chi connectivity index (χ4n) is 3.10. The normalized spacial score (nSPS) is 10.9. The fraction of sp³-hybridized carbons (Fsp3) is 0.0800. The van der Waals surface area contributed by atoms with Crippen LogP contribution in [0.2, 0.25) is 0 Å². The van der Waals surface area contributed by atoms with E-state index < -0.39 is 0 Å². The van der Waals surface area contributed by atoms with Crippen molar-refractivity contribution in [1.82, 2.24) is 15.2 Å². The zero-order chi connectivity index (χ0) is 21.5. The number of carbonyl (C=O) groups excluding carboxylic acids is 1. The van der Waals surface area contributed by atoms with E-state index in [2.05, 4.69) is 27.8 Å². The van der Waals surface area contributed by atoms with Crippen molar-refractivity contribution >= 4 is 12.1 Å². The minimum absolute atomic E-state index is 0.276. The third kappa shape index (κ3) is 5.25. The van der Waals surface area contributed by atoms with Gasteiger partial charge >= 0.3 is 0 Å². The maximum absolute atomic E-state index is 12.3. The molecule has 0 atom stereocenters. The molecule has 0 unspecified atom stereocenters. The Balaban J connectivity index is 1.36. The number of hydrazone groups is 1. The maximum atomic E-state index is 12.3. The molecule has 3 aromatic carbocycles. The monoisotopic (exact) mass is 410 g/mol. The number of nitrogens with zero attached hydrogens (tertiary/aromatic N) is 3. The number of hydrogen-bond donors (Lipinski definition) is 1. The number of carbonyl (C=O) groups is 1. The maximum Gasteiger partial charge on any atom is 0.271 e. The number of benzene rings is 3. The summed E-state index contributed by atoms with van der Waals surface area (Å²) >= 11 is 0. The number of aryl methyl sites for hydroxylation is 1. The van der Waals surface area contributed by atoms with Crippen molar-refractivity contribution in [2.45, 2.75) is 6.61 Å². The molecule has 1 N–H and O–H groups in total. The summed E-state index contributed by atoms with van der Waals surface area (Å²) in [4.78, 5) is 12.3. The van der Waals surface area contributed by atoms with E-state index in [-0.39, 0.29) is 5.91 Å². The summed E-state index contributed by atoms with van der Waals surface area (Å²) in [5.41, 5.74) is 6.98. The molecule has 1 heterocycles. The van der Waals surface area contributed by atoms with Crippen LogP contribution in [0.1, 0.15) is 21.5 Å². The Kier molecular flexibility index (Phi) is 6.18. The number of ether oxygens (including phenoxy) is 1. The molecule has 0 saturated heterocycles. The smallest absolute Gasteiger partial charge is 0.271 e. The van der Waals surface area contributed by atoms with E-state index in [4.69, 9.17) is 4.74 Å². The van der Waals surface area contributed by atoms with Gasteiger partial charge in [-0.05, 0) is 29.3 Å². The highest BCUT2D eigenvalue weighted by atomic mass is 16.5. The molecule has 4 aromatic rings. The van der Waals surface area contributed by atoms with E-state index in [1.54, 1.807) is 35.4 Å². The first-order valence-electron chi connectivity index (χ1n) is 9.87. The number of nitrogens with one attached hydrogen (secondary N) is 1. The molecule has 1 amide bonds. The molecular formula is C25H22N4O2. The van der Waals surface area contributed by atoms with Gasteiger partial charge in [-0.2, -0.15) is 10.2 Å². The standard InChI is InChI=1S/C25H22N4O2/c1-29-17-20(16-27-29)15-26-28-25(30)22-13-11-19(12-14-22)18-31-24-10-6-5-9-23(24)21-7-3-2-4-8-21/h2-17H,18H2,1H3,(H,28,30)/b26-15+. The topological polar surface area (TPSA) is 68.5 Å². The van der Waals surface area contributed by atoms with Gasteiger partial charge in [-0.15, -0.1) is 0 Å². The van der Waals surface area contributed by atoms with Crippen molar-refractivity contribution in [2.24, 2.45) is 12.1 Å². The molecule has 0 spiro atoms. The van der Waals surface area contributed by atoms with Crippen molar-refractivity contribution in [1.29, 1.82) is 0 Å². The molecule has 0 aliphatic heterocycles. The summed E-state index contributed by atoms with van der Waals surface area (Å²) in [6.07, 6.45) is 5.03. The van der Waals surface area contributed by atoms with Gasteiger partial charge in [0.2, 0.25) is 0 Å². The van der Waals surface area contributed by atoms with Crippen LogP contribution < -0.4 is 10.2 Å². The third-order valence-corrected chi connectivity index (χ3v) is 4.69. The predicted octanol–water partition coefficient (Wildman–Crippen LogP) is 4.43. The lowest BCUT2D eigenvalue weighted by Gasteiger charge is -2.12. The van der Waals surface area contributed by atoms with Gasteiger partial charge in [0.05, 0.1) is 12.4 Å². The Hall–Kier alpha value is -4.19. The molecule has 0 fully saturated rings. The summed E-state index contributed by atoms with van der Waals surface area (Å²) in [5, 5.41) is 8.01. The number of rotatable bonds is 7. The van der Waals surface area contributed by atoms with Crippen molar-refractivity contribution in [3.05, 3.63) is 108 Å². The zero-order valence-corrected chi connectivity index (χ0v) is 17.1. The highest BCUT2D eigenvalue weighted by Gasteiger charge is 2.07. The molecule has 4 rings (SSSR count). The third-order valence-electron chi connectivity index (χ3n) is 4.69. The second-order valence-electron chi connectivity index (χ2n) is 6.99. The fourth-order valence-corrected chi connectivity index (χ4v) is 3.10. The molecule has 0 aliphatic rings. The van der Waals surface area contributed by atoms with Gasteiger partial charge in [-0.1, -0.05) is 60.7 Å². The van der Waals surface area contributed by atoms with Crippen LogP contribution in [0.4, 0.5) is 0 Å². The Morgan fingerprint density at radius 3 is 2.52 bits per heavy atom. The summed E-state index contributed by atoms with van der Waals surface area (Å²) in [6, 6.07) is 25.4. The van der Waals surface area contributed by atoms with Gasteiger partial charge in [-0.3, -0.25) is 9.48 Å². The van der Waals surface area contributed by atoms with E-state index in [0.29, 0.717) is 12.2 Å². The van der Waals surface area contributed by atoms with Gasteiger partial charge in [0.25, 0.3) is 5.91 Å². The van der Waals surface area contributed by atoms with Gasteiger partial charge < -0.3 is 4.74 Å². The second kappa shape index (κ2) is 9.54. The molecule has 0 saturated carbocycles. The molecular weight excluding hydrogens is 388 g/mol. The summed E-state index contributed by atoms with van der Waals surface area (Å²) < 4.78 is 7.73. The van der Waals surface area contributed by atoms with Crippen LogP contribution in [-0.4, -0.2) is 21.9 Å². The van der Waals surface area contributed by atoms with Crippen molar-refractivity contribution in [3.8, 4) is 16.9 Å². The largest absolute Gasteiger partial charge is 0.488 e. The molecule has 0 radical (unpaired) electrons. The van der Waals surface area contributed by atoms with Gasteiger partial charge in [0.1, 0.15) is 12.4 Å². The molecule has 1 aromatic heterocycles. The lowest BCUT2D eigenvalue weighted by Crippen LogP contribution is -2.17. The summed E-state index contributed by atoms with van der Waals surface area (Å²) in [6.45, 7) is 0.408. The average molecular weight is 410 g/mol. The van der Waals surface area contributed by atoms with E-state index in [9.17, 15) is 4.79 Å². The number of para-hydroxylation sites is 1. The predicted molar refractivity (Wildman–Crippen MR) is 121 cm³/mol. The van der Waals surface area contributed by atoms with Gasteiger partial charge in [-0.25, -0.2) is 5.43 Å². The Bertz CT molecular complexity index is 1180. The Morgan fingerprint density at radius 2 is 1.77 bits per heavy atom. The van der Waals surface area contributed by atoms with E-state index in [0.717, 1.165) is 28.0 Å². The van der Waals surface area contributed by atoms with Crippen LogP contribution in [0.25, 0.3) is 11.1 Å². The van der Waals surface area contributed by atoms with Crippen LogP contribution >= 0.6 is 0 Å². The highest BCUT2D eigenvalue weighted by molar-refractivity contribution is 5.94. The number of amides is 1. The molecule has 0 aliphatic carbocycles. The number of hydrogen-bond acceptors (Lipinski definition) is 4. The van der Waals surface area contributed by atoms with Gasteiger partial charge in [0, 0.05) is 29.9 Å². The number of aromatic nitrogens is 2. The van der Waals surface area contributed by atoms with Crippen molar-refractivity contribution in [3.63, 3.8) is 0 Å². The van der Waals surface area contributed by atoms with Gasteiger partial charge in [0.15, 0.2) is 0 Å². The first-order valence-corrected chi connectivity index (χ1v) is 9.87. The lowest BCUT2D eigenvalue weighted by molar-refractivity contribution is 0.0955. The zero-order valence-electron chi connectivity index (χ0n) is 17.1. The van der Waals surface area contributed by atoms with Crippen LogP contribution in [-0.2, 0) is 13.7 Å². The van der Waals surface area contributed by atoms with E-state index in [1.165, 1.54) is 0 Å². The molecule has 31 heavy (non-hydrogen) atoms. The Morgan fingerprint density at radius 1 is 1.03 bits per heavy atom. The van der Waals surface area contributed by atoms with E-state index >= 15 is 0 Å². The SMILES string of the molecule is Cn1cc(/C=N/NC(=O)c2ccc(COc3ccccc3-c3ccccc3)cc2)cn1. The second-order valence-corrected chi connectivity index (χ2v) is 6.99. The van der Waals surface area contributed by atoms with Crippen LogP contribution in [0.3, 0.4) is 0 Å². The minimum Gasteiger partial charge on any atom is -0.488 e.